The van der Waals surface area contributed by atoms with Gasteiger partial charge in [-0.15, -0.1) is 0 Å². The van der Waals surface area contributed by atoms with Gasteiger partial charge in [0.25, 0.3) is 0 Å². The molecule has 0 amide bonds. The number of anilines is 2. The van der Waals surface area contributed by atoms with Crippen LogP contribution in [0, 0.1) is 0 Å². The molecule has 0 fully saturated rings. The fourth-order valence-electron chi connectivity index (χ4n) is 2.46. The van der Waals surface area contributed by atoms with Gasteiger partial charge in [-0.2, -0.15) is 4.98 Å². The molecular weight excluding hydrogens is 306 g/mol. The van der Waals surface area contributed by atoms with Crippen molar-refractivity contribution < 1.29 is 4.42 Å². The minimum atomic E-state index is 0.0910. The first-order chi connectivity index (χ1) is 11.0. The SMILES string of the molecule is CC(C)(C)c1ccc2oc(Nc3nc4ccccc4s3)nc2c1. The van der Waals surface area contributed by atoms with Gasteiger partial charge in [0.05, 0.1) is 10.2 Å². The first-order valence-electron chi connectivity index (χ1n) is 7.53. The summed E-state index contributed by atoms with van der Waals surface area (Å²) in [6, 6.07) is 14.7. The molecule has 0 unspecified atom stereocenters. The smallest absolute Gasteiger partial charge is 0.302 e. The summed E-state index contributed by atoms with van der Waals surface area (Å²) >= 11 is 1.59. The Labute approximate surface area is 138 Å². The van der Waals surface area contributed by atoms with Crippen LogP contribution in [0.4, 0.5) is 11.1 Å². The molecule has 0 spiro atoms. The molecule has 0 aliphatic heterocycles. The maximum absolute atomic E-state index is 5.78. The zero-order chi connectivity index (χ0) is 16.0. The van der Waals surface area contributed by atoms with Gasteiger partial charge in [-0.1, -0.05) is 50.3 Å². The lowest BCUT2D eigenvalue weighted by molar-refractivity contribution is 0.590. The van der Waals surface area contributed by atoms with E-state index in [0.29, 0.717) is 6.01 Å². The van der Waals surface area contributed by atoms with E-state index >= 15 is 0 Å². The van der Waals surface area contributed by atoms with Crippen LogP contribution in [0.5, 0.6) is 0 Å². The van der Waals surface area contributed by atoms with Crippen molar-refractivity contribution in [2.45, 2.75) is 26.2 Å². The molecule has 4 aromatic rings. The molecule has 2 heterocycles. The van der Waals surface area contributed by atoms with Gasteiger partial charge >= 0.3 is 6.01 Å². The Bertz CT molecular complexity index is 961. The lowest BCUT2D eigenvalue weighted by atomic mass is 9.87. The molecular formula is C18H17N3OS. The summed E-state index contributed by atoms with van der Waals surface area (Å²) in [5.41, 5.74) is 3.95. The fraction of sp³-hybridized carbons (Fsp3) is 0.222. The van der Waals surface area contributed by atoms with E-state index in [1.54, 1.807) is 11.3 Å². The van der Waals surface area contributed by atoms with Gasteiger partial charge in [-0.25, -0.2) is 4.98 Å². The standard InChI is InChI=1S/C18H17N3OS/c1-18(2,3)11-8-9-14-13(10-11)19-16(22-14)21-17-20-12-6-4-5-7-15(12)23-17/h4-10H,1-3H3,(H,19,20,21). The largest absolute Gasteiger partial charge is 0.423 e. The number of para-hydroxylation sites is 1. The molecule has 4 nitrogen and oxygen atoms in total. The number of hydrogen-bond acceptors (Lipinski definition) is 5. The maximum Gasteiger partial charge on any atom is 0.302 e. The van der Waals surface area contributed by atoms with Gasteiger partial charge < -0.3 is 4.42 Å². The number of hydrogen-bond donors (Lipinski definition) is 1. The lowest BCUT2D eigenvalue weighted by Gasteiger charge is -2.18. The molecule has 0 radical (unpaired) electrons. The molecule has 0 bridgehead atoms. The highest BCUT2D eigenvalue weighted by molar-refractivity contribution is 7.22. The summed E-state index contributed by atoms with van der Waals surface area (Å²) < 4.78 is 6.92. The Hall–Kier alpha value is -2.40. The molecule has 4 rings (SSSR count). The number of rotatable bonds is 2. The number of nitrogens with one attached hydrogen (secondary N) is 1. The van der Waals surface area contributed by atoms with Crippen LogP contribution in [-0.2, 0) is 5.41 Å². The highest BCUT2D eigenvalue weighted by Crippen LogP contribution is 2.31. The first kappa shape index (κ1) is 14.2. The average Bonchev–Trinajstić information content (AvgIpc) is 3.07. The second kappa shape index (κ2) is 5.06. The van der Waals surface area contributed by atoms with Crippen LogP contribution < -0.4 is 5.32 Å². The van der Waals surface area contributed by atoms with Crippen LogP contribution in [-0.4, -0.2) is 9.97 Å². The zero-order valence-corrected chi connectivity index (χ0v) is 14.1. The second-order valence-electron chi connectivity index (χ2n) is 6.56. The highest BCUT2D eigenvalue weighted by Gasteiger charge is 2.16. The number of nitrogens with zero attached hydrogens (tertiary/aromatic N) is 2. The van der Waals surface area contributed by atoms with E-state index < -0.39 is 0 Å². The molecule has 5 heteroatoms. The number of thiazole rings is 1. The summed E-state index contributed by atoms with van der Waals surface area (Å²) in [5, 5.41) is 3.96. The molecule has 2 aromatic carbocycles. The Balaban J connectivity index is 1.68. The Kier molecular flexibility index (Phi) is 3.13. The molecule has 0 saturated carbocycles. The van der Waals surface area contributed by atoms with E-state index in [1.165, 1.54) is 5.56 Å². The molecule has 0 aliphatic rings. The topological polar surface area (TPSA) is 51.0 Å². The third-order valence-corrected chi connectivity index (χ3v) is 4.71. The molecule has 0 aliphatic carbocycles. The Morgan fingerprint density at radius 2 is 1.83 bits per heavy atom. The van der Waals surface area contributed by atoms with E-state index in [1.807, 2.05) is 24.3 Å². The molecule has 2 aromatic heterocycles. The Morgan fingerprint density at radius 1 is 1.00 bits per heavy atom. The van der Waals surface area contributed by atoms with Gasteiger partial charge in [0.2, 0.25) is 0 Å². The van der Waals surface area contributed by atoms with Crippen molar-refractivity contribution in [2.24, 2.45) is 0 Å². The number of oxazole rings is 1. The highest BCUT2D eigenvalue weighted by atomic mass is 32.1. The third kappa shape index (κ3) is 2.68. The van der Waals surface area contributed by atoms with Crippen molar-refractivity contribution in [1.82, 2.24) is 9.97 Å². The zero-order valence-electron chi connectivity index (χ0n) is 13.3. The fourth-order valence-corrected chi connectivity index (χ4v) is 3.32. The average molecular weight is 323 g/mol. The van der Waals surface area contributed by atoms with Crippen molar-refractivity contribution in [3.8, 4) is 0 Å². The van der Waals surface area contributed by atoms with E-state index in [0.717, 1.165) is 26.4 Å². The minimum Gasteiger partial charge on any atom is -0.423 e. The van der Waals surface area contributed by atoms with Crippen molar-refractivity contribution in [2.75, 3.05) is 5.32 Å². The van der Waals surface area contributed by atoms with Crippen LogP contribution in [0.3, 0.4) is 0 Å². The summed E-state index contributed by atoms with van der Waals surface area (Å²) in [6.07, 6.45) is 0. The maximum atomic E-state index is 5.78. The van der Waals surface area contributed by atoms with E-state index in [9.17, 15) is 0 Å². The molecule has 116 valence electrons. The minimum absolute atomic E-state index is 0.0910. The summed E-state index contributed by atoms with van der Waals surface area (Å²) in [6.45, 7) is 6.57. The van der Waals surface area contributed by atoms with E-state index in [4.69, 9.17) is 4.42 Å². The van der Waals surface area contributed by atoms with Crippen molar-refractivity contribution in [3.63, 3.8) is 0 Å². The predicted octanol–water partition coefficient (Wildman–Crippen LogP) is 5.48. The van der Waals surface area contributed by atoms with Crippen LogP contribution in [0.2, 0.25) is 0 Å². The van der Waals surface area contributed by atoms with Gasteiger partial charge in [0.15, 0.2) is 10.7 Å². The van der Waals surface area contributed by atoms with E-state index in [2.05, 4.69) is 54.3 Å². The molecule has 1 N–H and O–H groups in total. The summed E-state index contributed by atoms with van der Waals surface area (Å²) in [4.78, 5) is 9.08. The van der Waals surface area contributed by atoms with Crippen LogP contribution in [0.1, 0.15) is 26.3 Å². The summed E-state index contributed by atoms with van der Waals surface area (Å²) in [7, 11) is 0. The third-order valence-electron chi connectivity index (χ3n) is 3.76. The Morgan fingerprint density at radius 3 is 2.61 bits per heavy atom. The van der Waals surface area contributed by atoms with Crippen molar-refractivity contribution in [3.05, 3.63) is 48.0 Å². The van der Waals surface area contributed by atoms with Crippen molar-refractivity contribution >= 4 is 43.8 Å². The monoisotopic (exact) mass is 323 g/mol. The number of aromatic nitrogens is 2. The van der Waals surface area contributed by atoms with Gasteiger partial charge in [-0.05, 0) is 35.2 Å². The lowest BCUT2D eigenvalue weighted by Crippen LogP contribution is -2.10. The first-order valence-corrected chi connectivity index (χ1v) is 8.34. The molecule has 0 atom stereocenters. The number of fused-ring (bicyclic) bond motifs is 2. The van der Waals surface area contributed by atoms with Crippen molar-refractivity contribution in [1.29, 1.82) is 0 Å². The number of benzene rings is 2. The van der Waals surface area contributed by atoms with Crippen LogP contribution >= 0.6 is 11.3 Å². The van der Waals surface area contributed by atoms with Crippen LogP contribution in [0.15, 0.2) is 46.9 Å². The molecule has 0 saturated heterocycles. The van der Waals surface area contributed by atoms with Crippen LogP contribution in [0.25, 0.3) is 21.3 Å². The molecule has 23 heavy (non-hydrogen) atoms. The van der Waals surface area contributed by atoms with Gasteiger partial charge in [0.1, 0.15) is 5.52 Å². The normalized spacial score (nSPS) is 12.1. The van der Waals surface area contributed by atoms with E-state index in [-0.39, 0.29) is 5.41 Å². The van der Waals surface area contributed by atoms with Gasteiger partial charge in [-0.3, -0.25) is 5.32 Å². The van der Waals surface area contributed by atoms with Gasteiger partial charge in [0, 0.05) is 0 Å². The predicted molar refractivity (Wildman–Crippen MR) is 95.6 cm³/mol. The quantitative estimate of drug-likeness (QED) is 0.531. The second-order valence-corrected chi connectivity index (χ2v) is 7.59. The summed E-state index contributed by atoms with van der Waals surface area (Å²) in [5.74, 6) is 0.